The van der Waals surface area contributed by atoms with Crippen LogP contribution >= 0.6 is 0 Å². The Morgan fingerprint density at radius 3 is 2.08 bits per heavy atom. The summed E-state index contributed by atoms with van der Waals surface area (Å²) < 4.78 is 0. The number of benzene rings is 1. The standard InChI is InChI=1S/C17H9N7/c1-3-10-11-4-2-7-20-14(11)16-15(13(10)19-6-1)22-17(24-23-16)12-5-8-18-9-21-12/h1-9H. The van der Waals surface area contributed by atoms with Crippen molar-refractivity contribution in [1.82, 2.24) is 35.1 Å². The molecule has 1 aromatic carbocycles. The maximum Gasteiger partial charge on any atom is 0.201 e. The van der Waals surface area contributed by atoms with Crippen molar-refractivity contribution in [2.45, 2.75) is 0 Å². The molecule has 112 valence electrons. The lowest BCUT2D eigenvalue weighted by Crippen LogP contribution is -1.99. The minimum absolute atomic E-state index is 0.437. The third kappa shape index (κ3) is 1.81. The minimum atomic E-state index is 0.437. The van der Waals surface area contributed by atoms with E-state index in [-0.39, 0.29) is 0 Å². The quantitative estimate of drug-likeness (QED) is 0.439. The summed E-state index contributed by atoms with van der Waals surface area (Å²) in [6.45, 7) is 0. The summed E-state index contributed by atoms with van der Waals surface area (Å²) in [4.78, 5) is 21.7. The van der Waals surface area contributed by atoms with Crippen LogP contribution in [0.3, 0.4) is 0 Å². The molecule has 0 atom stereocenters. The fraction of sp³-hybridized carbons (Fsp3) is 0. The van der Waals surface area contributed by atoms with Crippen LogP contribution in [-0.4, -0.2) is 35.1 Å². The number of hydrogen-bond acceptors (Lipinski definition) is 7. The molecule has 0 saturated heterocycles. The summed E-state index contributed by atoms with van der Waals surface area (Å²) in [5, 5.41) is 10.5. The second-order valence-electron chi connectivity index (χ2n) is 5.23. The van der Waals surface area contributed by atoms with Crippen LogP contribution in [0.5, 0.6) is 0 Å². The van der Waals surface area contributed by atoms with Gasteiger partial charge in [0, 0.05) is 29.4 Å². The molecule has 0 saturated carbocycles. The zero-order valence-electron chi connectivity index (χ0n) is 12.3. The molecule has 5 aromatic rings. The van der Waals surface area contributed by atoms with Crippen molar-refractivity contribution in [3.63, 3.8) is 0 Å². The Hall–Kier alpha value is -3.61. The lowest BCUT2D eigenvalue weighted by atomic mass is 10.1. The molecule has 0 aliphatic rings. The molecule has 5 rings (SSSR count). The first kappa shape index (κ1) is 12.9. The van der Waals surface area contributed by atoms with Gasteiger partial charge >= 0.3 is 0 Å². The highest BCUT2D eigenvalue weighted by Crippen LogP contribution is 2.30. The van der Waals surface area contributed by atoms with Gasteiger partial charge < -0.3 is 0 Å². The van der Waals surface area contributed by atoms with Gasteiger partial charge in [-0.2, -0.15) is 0 Å². The fourth-order valence-corrected chi connectivity index (χ4v) is 2.80. The van der Waals surface area contributed by atoms with Gasteiger partial charge in [-0.05, 0) is 18.2 Å². The molecule has 0 aliphatic heterocycles. The summed E-state index contributed by atoms with van der Waals surface area (Å²) in [6.07, 6.45) is 6.59. The lowest BCUT2D eigenvalue weighted by Gasteiger charge is -2.07. The summed E-state index contributed by atoms with van der Waals surface area (Å²) in [7, 11) is 0. The topological polar surface area (TPSA) is 90.2 Å². The van der Waals surface area contributed by atoms with Crippen LogP contribution in [0, 0.1) is 0 Å². The Labute approximate surface area is 135 Å². The van der Waals surface area contributed by atoms with Crippen LogP contribution in [0.25, 0.3) is 44.4 Å². The highest BCUT2D eigenvalue weighted by molar-refractivity contribution is 6.20. The summed E-state index contributed by atoms with van der Waals surface area (Å²) in [5.74, 6) is 0.437. The molecular formula is C17H9N7. The Bertz CT molecular complexity index is 1170. The van der Waals surface area contributed by atoms with Crippen molar-refractivity contribution < 1.29 is 0 Å². The van der Waals surface area contributed by atoms with E-state index in [1.54, 1.807) is 24.7 Å². The largest absolute Gasteiger partial charge is 0.254 e. The Balaban J connectivity index is 1.96. The first-order chi connectivity index (χ1) is 11.9. The van der Waals surface area contributed by atoms with Crippen molar-refractivity contribution in [3.8, 4) is 11.5 Å². The number of fused-ring (bicyclic) bond motifs is 6. The number of hydrogen-bond donors (Lipinski definition) is 0. The predicted octanol–water partition coefficient (Wildman–Crippen LogP) is 2.58. The van der Waals surface area contributed by atoms with Gasteiger partial charge in [-0.3, -0.25) is 9.97 Å². The van der Waals surface area contributed by atoms with Crippen molar-refractivity contribution >= 4 is 32.8 Å². The second kappa shape index (κ2) is 4.95. The summed E-state index contributed by atoms with van der Waals surface area (Å²) >= 11 is 0. The van der Waals surface area contributed by atoms with Crippen LogP contribution < -0.4 is 0 Å². The Morgan fingerprint density at radius 1 is 0.625 bits per heavy atom. The second-order valence-corrected chi connectivity index (χ2v) is 5.23. The normalized spacial score (nSPS) is 11.3. The molecule has 0 spiro atoms. The third-order valence-corrected chi connectivity index (χ3v) is 3.85. The minimum Gasteiger partial charge on any atom is -0.254 e. The highest BCUT2D eigenvalue weighted by atomic mass is 15.2. The molecule has 0 amide bonds. The van der Waals surface area contributed by atoms with E-state index in [0.717, 1.165) is 21.8 Å². The van der Waals surface area contributed by atoms with E-state index in [1.165, 1.54) is 6.33 Å². The van der Waals surface area contributed by atoms with E-state index in [4.69, 9.17) is 0 Å². The van der Waals surface area contributed by atoms with Crippen LogP contribution in [0.4, 0.5) is 0 Å². The third-order valence-electron chi connectivity index (χ3n) is 3.85. The van der Waals surface area contributed by atoms with E-state index in [0.29, 0.717) is 22.6 Å². The molecule has 0 unspecified atom stereocenters. The molecule has 0 fully saturated rings. The zero-order valence-corrected chi connectivity index (χ0v) is 12.3. The van der Waals surface area contributed by atoms with Gasteiger partial charge in [-0.25, -0.2) is 15.0 Å². The van der Waals surface area contributed by atoms with Gasteiger partial charge in [-0.1, -0.05) is 12.1 Å². The van der Waals surface area contributed by atoms with E-state index in [1.807, 2.05) is 24.3 Å². The van der Waals surface area contributed by atoms with Crippen LogP contribution in [-0.2, 0) is 0 Å². The fourth-order valence-electron chi connectivity index (χ4n) is 2.80. The van der Waals surface area contributed by atoms with Gasteiger partial charge in [0.25, 0.3) is 0 Å². The summed E-state index contributed by atoms with van der Waals surface area (Å²) in [6, 6.07) is 9.57. The van der Waals surface area contributed by atoms with Gasteiger partial charge in [0.05, 0.1) is 5.52 Å². The molecule has 7 nitrogen and oxygen atoms in total. The molecule has 0 N–H and O–H groups in total. The zero-order chi connectivity index (χ0) is 15.9. The van der Waals surface area contributed by atoms with Gasteiger partial charge in [0.15, 0.2) is 0 Å². The monoisotopic (exact) mass is 311 g/mol. The molecule has 7 heteroatoms. The molecule has 4 aromatic heterocycles. The number of pyridine rings is 2. The van der Waals surface area contributed by atoms with Crippen molar-refractivity contribution in [2.24, 2.45) is 0 Å². The lowest BCUT2D eigenvalue weighted by molar-refractivity contribution is 1.01. The first-order valence-electron chi connectivity index (χ1n) is 7.34. The molecule has 24 heavy (non-hydrogen) atoms. The molecule has 4 heterocycles. The van der Waals surface area contributed by atoms with Crippen LogP contribution in [0.2, 0.25) is 0 Å². The predicted molar refractivity (Wildman–Crippen MR) is 89.0 cm³/mol. The van der Waals surface area contributed by atoms with Crippen molar-refractivity contribution in [1.29, 1.82) is 0 Å². The number of aromatic nitrogens is 7. The molecule has 0 radical (unpaired) electrons. The SMILES string of the molecule is c1cnc2c(c1)c1cccnc1c1nc(-c3ccncn3)nnc21. The van der Waals surface area contributed by atoms with Crippen LogP contribution in [0.15, 0.2) is 55.2 Å². The Morgan fingerprint density at radius 2 is 1.38 bits per heavy atom. The number of nitrogens with zero attached hydrogens (tertiary/aromatic N) is 7. The van der Waals surface area contributed by atoms with E-state index >= 15 is 0 Å². The molecule has 0 bridgehead atoms. The van der Waals surface area contributed by atoms with Gasteiger partial charge in [0.1, 0.15) is 28.6 Å². The first-order valence-corrected chi connectivity index (χ1v) is 7.34. The van der Waals surface area contributed by atoms with Gasteiger partial charge in [-0.15, -0.1) is 10.2 Å². The van der Waals surface area contributed by atoms with E-state index in [9.17, 15) is 0 Å². The average Bonchev–Trinajstić information content (AvgIpc) is 2.68. The van der Waals surface area contributed by atoms with Crippen molar-refractivity contribution in [2.75, 3.05) is 0 Å². The smallest absolute Gasteiger partial charge is 0.201 e. The van der Waals surface area contributed by atoms with E-state index in [2.05, 4.69) is 35.1 Å². The summed E-state index contributed by atoms with van der Waals surface area (Å²) in [5.41, 5.74) is 3.46. The maximum absolute atomic E-state index is 4.66. The van der Waals surface area contributed by atoms with E-state index < -0.39 is 0 Å². The van der Waals surface area contributed by atoms with Crippen LogP contribution in [0.1, 0.15) is 0 Å². The average molecular weight is 311 g/mol. The van der Waals surface area contributed by atoms with Crippen molar-refractivity contribution in [3.05, 3.63) is 55.2 Å². The van der Waals surface area contributed by atoms with Gasteiger partial charge in [0.2, 0.25) is 5.82 Å². The molecular weight excluding hydrogens is 302 g/mol. The Kier molecular flexibility index (Phi) is 2.66. The number of rotatable bonds is 1. The molecule has 0 aliphatic carbocycles. The highest BCUT2D eigenvalue weighted by Gasteiger charge is 2.14. The maximum atomic E-state index is 4.66.